The van der Waals surface area contributed by atoms with E-state index >= 15 is 0 Å². The van der Waals surface area contributed by atoms with Crippen molar-refractivity contribution in [2.24, 2.45) is 0 Å². The number of hydrogen-bond acceptors (Lipinski definition) is 0. The number of hydrogen-bond donors (Lipinski definition) is 0. The highest BCUT2D eigenvalue weighted by Gasteiger charge is 2.23. The lowest BCUT2D eigenvalue weighted by molar-refractivity contribution is 0.595. The Morgan fingerprint density at radius 1 is 1.62 bits per heavy atom. The summed E-state index contributed by atoms with van der Waals surface area (Å²) in [5, 5.41) is 0.0502. The molecule has 0 unspecified atom stereocenters. The smallest absolute Gasteiger partial charge is 0.0576 e. The molecule has 0 N–H and O–H groups in total. The molecule has 0 fully saturated rings. The van der Waals surface area contributed by atoms with E-state index in [1.165, 1.54) is 0 Å². The molecule has 0 aliphatic carbocycles. The van der Waals surface area contributed by atoms with Crippen molar-refractivity contribution in [1.82, 2.24) is 0 Å². The van der Waals surface area contributed by atoms with Crippen LogP contribution in [0.15, 0.2) is 0 Å². The maximum Gasteiger partial charge on any atom is 0.0576 e. The highest BCUT2D eigenvalue weighted by Crippen LogP contribution is 2.26. The third kappa shape index (κ3) is 2.23. The molecule has 2 heteroatoms. The summed E-state index contributed by atoms with van der Waals surface area (Å²) in [6.45, 7) is 5.90. The van der Waals surface area contributed by atoms with E-state index in [2.05, 4.69) is 0 Å². The molecule has 0 spiro atoms. The molecule has 0 aromatic rings. The molecule has 0 nitrogen and oxygen atoms in total. The Morgan fingerprint density at radius 2 is 2.00 bits per heavy atom. The van der Waals surface area contributed by atoms with Crippen molar-refractivity contribution in [3.05, 3.63) is 0 Å². The maximum absolute atomic E-state index is 5.92. The van der Waals surface area contributed by atoms with Gasteiger partial charge in [-0.1, -0.05) is 6.92 Å². The fourth-order valence-corrected chi connectivity index (χ4v) is 0.436. The molecule has 0 aromatic heterocycles. The zero-order chi connectivity index (χ0) is 6.78. The van der Waals surface area contributed by atoms with Crippen molar-refractivity contribution in [1.29, 1.82) is 0 Å². The zero-order valence-corrected chi connectivity index (χ0v) is 7.05. The van der Waals surface area contributed by atoms with Crippen LogP contribution >= 0.6 is 23.2 Å². The predicted molar refractivity (Wildman–Crippen MR) is 39.9 cm³/mol. The van der Waals surface area contributed by atoms with Gasteiger partial charge in [-0.25, -0.2) is 0 Å². The van der Waals surface area contributed by atoms with E-state index in [0.717, 1.165) is 6.42 Å². The highest BCUT2D eigenvalue weighted by atomic mass is 35.5. The van der Waals surface area contributed by atoms with Crippen molar-refractivity contribution in [2.45, 2.75) is 37.4 Å². The molecule has 0 rings (SSSR count). The van der Waals surface area contributed by atoms with Crippen LogP contribution in [0.3, 0.4) is 0 Å². The van der Waals surface area contributed by atoms with Crippen LogP contribution in [0.2, 0.25) is 0 Å². The molecule has 0 amide bonds. The van der Waals surface area contributed by atoms with Crippen molar-refractivity contribution in [3.8, 4) is 0 Å². The van der Waals surface area contributed by atoms with Crippen LogP contribution in [0, 0.1) is 0 Å². The molecular weight excluding hydrogens is 143 g/mol. The van der Waals surface area contributed by atoms with Crippen LogP contribution in [0.5, 0.6) is 0 Å². The second-order valence-corrected chi connectivity index (χ2v) is 3.77. The summed E-state index contributed by atoms with van der Waals surface area (Å²) < 4.78 is 0. The lowest BCUT2D eigenvalue weighted by Gasteiger charge is -2.21. The minimum absolute atomic E-state index is 0.0502. The first-order valence-electron chi connectivity index (χ1n) is 2.83. The van der Waals surface area contributed by atoms with Crippen LogP contribution in [0.4, 0.5) is 0 Å². The maximum atomic E-state index is 5.92. The molecule has 8 heavy (non-hydrogen) atoms. The van der Waals surface area contributed by atoms with Crippen LogP contribution in [0.1, 0.15) is 27.2 Å². The van der Waals surface area contributed by atoms with Crippen molar-refractivity contribution in [3.63, 3.8) is 0 Å². The second kappa shape index (κ2) is 2.93. The van der Waals surface area contributed by atoms with Crippen LogP contribution in [-0.2, 0) is 0 Å². The molecule has 0 aliphatic heterocycles. The van der Waals surface area contributed by atoms with Gasteiger partial charge in [0.05, 0.1) is 4.87 Å². The first-order chi connectivity index (χ1) is 3.50. The van der Waals surface area contributed by atoms with Crippen molar-refractivity contribution < 1.29 is 0 Å². The van der Waals surface area contributed by atoms with Gasteiger partial charge in [0.15, 0.2) is 0 Å². The second-order valence-electron chi connectivity index (χ2n) is 2.25. The molecule has 0 aliphatic rings. The Kier molecular flexibility index (Phi) is 3.14. The van der Waals surface area contributed by atoms with E-state index in [0.29, 0.717) is 0 Å². The number of rotatable bonds is 2. The Morgan fingerprint density at radius 3 is 2.00 bits per heavy atom. The van der Waals surface area contributed by atoms with Crippen LogP contribution < -0.4 is 0 Å². The Hall–Kier alpha value is 0.580. The summed E-state index contributed by atoms with van der Waals surface area (Å²) in [6.07, 6.45) is 0.916. The third-order valence-electron chi connectivity index (χ3n) is 1.52. The van der Waals surface area contributed by atoms with Gasteiger partial charge in [0.2, 0.25) is 0 Å². The van der Waals surface area contributed by atoms with E-state index in [1.807, 2.05) is 20.8 Å². The van der Waals surface area contributed by atoms with Gasteiger partial charge in [-0.15, -0.1) is 23.2 Å². The molecule has 0 saturated heterocycles. The van der Waals surface area contributed by atoms with E-state index in [9.17, 15) is 0 Å². The first kappa shape index (κ1) is 8.58. The summed E-state index contributed by atoms with van der Waals surface area (Å²) in [7, 11) is 0. The van der Waals surface area contributed by atoms with Gasteiger partial charge in [-0.2, -0.15) is 0 Å². The van der Waals surface area contributed by atoms with Gasteiger partial charge in [0, 0.05) is 5.38 Å². The number of halogens is 2. The summed E-state index contributed by atoms with van der Waals surface area (Å²) in [5.41, 5.74) is 0. The third-order valence-corrected chi connectivity index (χ3v) is 2.71. The Balaban J connectivity index is 3.71. The highest BCUT2D eigenvalue weighted by molar-refractivity contribution is 6.32. The molecule has 0 aromatic carbocycles. The Labute approximate surface area is 61.2 Å². The predicted octanol–water partition coefficient (Wildman–Crippen LogP) is 3.02. The van der Waals surface area contributed by atoms with Crippen LogP contribution in [-0.4, -0.2) is 10.3 Å². The molecule has 0 heterocycles. The fourth-order valence-electron chi connectivity index (χ4n) is 0.281. The number of alkyl halides is 2. The lowest BCUT2D eigenvalue weighted by Crippen LogP contribution is -2.25. The molecular formula is C6H12Cl2. The molecule has 0 saturated carbocycles. The van der Waals surface area contributed by atoms with E-state index in [-0.39, 0.29) is 10.3 Å². The monoisotopic (exact) mass is 154 g/mol. The summed E-state index contributed by atoms with van der Waals surface area (Å²) in [6, 6.07) is 0. The van der Waals surface area contributed by atoms with Crippen molar-refractivity contribution in [2.75, 3.05) is 0 Å². The minimum Gasteiger partial charge on any atom is -0.121 e. The minimum atomic E-state index is -0.221. The largest absolute Gasteiger partial charge is 0.121 e. The molecule has 0 bridgehead atoms. The van der Waals surface area contributed by atoms with Gasteiger partial charge >= 0.3 is 0 Å². The zero-order valence-electron chi connectivity index (χ0n) is 5.54. The first-order valence-corrected chi connectivity index (χ1v) is 3.65. The lowest BCUT2D eigenvalue weighted by atomic mass is 10.1. The van der Waals surface area contributed by atoms with Gasteiger partial charge in [-0.05, 0) is 20.3 Å². The molecule has 2 atom stereocenters. The summed E-state index contributed by atoms with van der Waals surface area (Å²) >= 11 is 11.7. The van der Waals surface area contributed by atoms with Gasteiger partial charge < -0.3 is 0 Å². The quantitative estimate of drug-likeness (QED) is 0.537. The molecule has 50 valence electrons. The Bertz CT molecular complexity index is 66.9. The fraction of sp³-hybridized carbons (Fsp3) is 1.00. The van der Waals surface area contributed by atoms with Crippen molar-refractivity contribution >= 4 is 23.2 Å². The normalized spacial score (nSPS) is 22.1. The van der Waals surface area contributed by atoms with E-state index in [4.69, 9.17) is 23.2 Å². The summed E-state index contributed by atoms with van der Waals surface area (Å²) in [5.74, 6) is 0. The van der Waals surface area contributed by atoms with E-state index < -0.39 is 0 Å². The van der Waals surface area contributed by atoms with Gasteiger partial charge in [-0.3, -0.25) is 0 Å². The average Bonchev–Trinajstić information content (AvgIpc) is 1.67. The molecule has 0 radical (unpaired) electrons. The standard InChI is InChI=1S/C6H12Cl2/c1-4-6(3,8)5(2)7/h5H,4H2,1-3H3/t5-,6-/m1/s1. The van der Waals surface area contributed by atoms with E-state index in [1.54, 1.807) is 0 Å². The van der Waals surface area contributed by atoms with Gasteiger partial charge in [0.25, 0.3) is 0 Å². The SMILES string of the molecule is CC[C@@](C)(Cl)[C@@H](C)Cl. The van der Waals surface area contributed by atoms with Gasteiger partial charge in [0.1, 0.15) is 0 Å². The van der Waals surface area contributed by atoms with Crippen LogP contribution in [0.25, 0.3) is 0 Å². The summed E-state index contributed by atoms with van der Waals surface area (Å²) in [4.78, 5) is -0.221. The topological polar surface area (TPSA) is 0 Å². The average molecular weight is 155 g/mol.